The highest BCUT2D eigenvalue weighted by atomic mass is 35.5. The standard InChI is InChI=1S/C22H25FN2O4S2.ClH/c23-16-1-5-18(6-2-16)30-19-7-9-20(10-8-19)31(28,29)22(15-21(26)24-27)11-13-25(14-12-22)17-3-4-17;/h1-2,5-10,17,27H,3-4,11-15H2,(H,24,26);1H. The largest absolute Gasteiger partial charge is 0.300 e. The van der Waals surface area contributed by atoms with Gasteiger partial charge in [-0.2, -0.15) is 0 Å². The number of benzene rings is 2. The van der Waals surface area contributed by atoms with Crippen LogP contribution in [0.4, 0.5) is 4.39 Å². The van der Waals surface area contributed by atoms with Crippen LogP contribution in [0, 0.1) is 5.82 Å². The number of piperidine rings is 1. The van der Waals surface area contributed by atoms with Crippen molar-refractivity contribution in [2.45, 2.75) is 57.6 Å². The summed E-state index contributed by atoms with van der Waals surface area (Å²) in [5.74, 6) is -0.998. The zero-order valence-electron chi connectivity index (χ0n) is 17.4. The molecular weight excluding hydrogens is 475 g/mol. The van der Waals surface area contributed by atoms with Gasteiger partial charge in [0.15, 0.2) is 9.84 Å². The van der Waals surface area contributed by atoms with E-state index in [1.165, 1.54) is 23.9 Å². The van der Waals surface area contributed by atoms with E-state index in [9.17, 15) is 17.6 Å². The minimum atomic E-state index is -3.81. The second kappa shape index (κ2) is 10.1. The average molecular weight is 501 g/mol. The van der Waals surface area contributed by atoms with E-state index < -0.39 is 20.5 Å². The molecule has 0 unspecified atom stereocenters. The van der Waals surface area contributed by atoms with Crippen LogP contribution in [0.3, 0.4) is 0 Å². The van der Waals surface area contributed by atoms with Gasteiger partial charge >= 0.3 is 0 Å². The molecule has 1 aliphatic carbocycles. The molecule has 6 nitrogen and oxygen atoms in total. The number of hydrogen-bond donors (Lipinski definition) is 2. The molecule has 2 N–H and O–H groups in total. The SMILES string of the molecule is Cl.O=C(CC1(S(=O)(=O)c2ccc(Sc3ccc(F)cc3)cc2)CCN(C2CC2)CC1)NO. The Morgan fingerprint density at radius 1 is 1.06 bits per heavy atom. The van der Waals surface area contributed by atoms with E-state index in [1.54, 1.807) is 41.9 Å². The van der Waals surface area contributed by atoms with Crippen molar-refractivity contribution in [2.24, 2.45) is 0 Å². The number of hydroxylamine groups is 1. The summed E-state index contributed by atoms with van der Waals surface area (Å²) in [4.78, 5) is 16.1. The fourth-order valence-electron chi connectivity index (χ4n) is 4.18. The number of nitrogens with zero attached hydrogens (tertiary/aromatic N) is 1. The molecule has 1 saturated carbocycles. The summed E-state index contributed by atoms with van der Waals surface area (Å²) >= 11 is 1.41. The average Bonchev–Trinajstić information content (AvgIpc) is 3.61. The van der Waals surface area contributed by atoms with Crippen molar-refractivity contribution in [3.05, 3.63) is 54.3 Å². The lowest BCUT2D eigenvalue weighted by molar-refractivity contribution is -0.130. The van der Waals surface area contributed by atoms with E-state index in [4.69, 9.17) is 5.21 Å². The van der Waals surface area contributed by atoms with Gasteiger partial charge in [-0.15, -0.1) is 12.4 Å². The molecule has 10 heteroatoms. The second-order valence-corrected chi connectivity index (χ2v) is 11.7. The molecule has 1 aliphatic heterocycles. The number of halogens is 2. The van der Waals surface area contributed by atoms with Crippen molar-refractivity contribution in [2.75, 3.05) is 13.1 Å². The number of rotatable bonds is 7. The molecule has 0 aromatic heterocycles. The van der Waals surface area contributed by atoms with Crippen LogP contribution in [0.2, 0.25) is 0 Å². The van der Waals surface area contributed by atoms with Crippen molar-refractivity contribution in [3.8, 4) is 0 Å². The Morgan fingerprint density at radius 3 is 2.09 bits per heavy atom. The minimum absolute atomic E-state index is 0. The van der Waals surface area contributed by atoms with Gasteiger partial charge in [-0.25, -0.2) is 18.3 Å². The highest BCUT2D eigenvalue weighted by Crippen LogP contribution is 2.41. The van der Waals surface area contributed by atoms with Crippen molar-refractivity contribution in [3.63, 3.8) is 0 Å². The fraction of sp³-hybridized carbons (Fsp3) is 0.409. The molecule has 1 amide bonds. The van der Waals surface area contributed by atoms with Gasteiger partial charge in [-0.05, 0) is 87.3 Å². The van der Waals surface area contributed by atoms with Gasteiger partial charge in [0, 0.05) is 22.3 Å². The summed E-state index contributed by atoms with van der Waals surface area (Å²) in [6, 6.07) is 13.2. The topological polar surface area (TPSA) is 86.7 Å². The minimum Gasteiger partial charge on any atom is -0.300 e. The molecule has 0 bridgehead atoms. The third-order valence-corrected chi connectivity index (χ3v) is 9.73. The molecule has 2 fully saturated rings. The Balaban J connectivity index is 0.00000289. The molecule has 174 valence electrons. The Bertz CT molecular complexity index is 1040. The van der Waals surface area contributed by atoms with Gasteiger partial charge in [-0.1, -0.05) is 11.8 Å². The van der Waals surface area contributed by atoms with E-state index >= 15 is 0 Å². The van der Waals surface area contributed by atoms with Crippen molar-refractivity contribution >= 4 is 39.9 Å². The molecule has 0 radical (unpaired) electrons. The molecule has 4 rings (SSSR count). The third-order valence-electron chi connectivity index (χ3n) is 6.13. The zero-order valence-corrected chi connectivity index (χ0v) is 19.8. The maximum absolute atomic E-state index is 13.6. The fourth-order valence-corrected chi connectivity index (χ4v) is 7.04. The van der Waals surface area contributed by atoms with E-state index in [1.807, 2.05) is 0 Å². The van der Waals surface area contributed by atoms with Crippen LogP contribution in [0.5, 0.6) is 0 Å². The predicted octanol–water partition coefficient (Wildman–Crippen LogP) is 4.06. The first-order valence-electron chi connectivity index (χ1n) is 10.3. The summed E-state index contributed by atoms with van der Waals surface area (Å²) < 4.78 is 39.1. The third kappa shape index (κ3) is 5.28. The number of nitrogens with one attached hydrogen (secondary N) is 1. The summed E-state index contributed by atoms with van der Waals surface area (Å²) in [6.07, 6.45) is 2.72. The Kier molecular flexibility index (Phi) is 7.88. The first kappa shape index (κ1) is 25.0. The monoisotopic (exact) mass is 500 g/mol. The number of carbonyl (C=O) groups is 1. The number of amides is 1. The first-order valence-corrected chi connectivity index (χ1v) is 12.6. The normalized spacial score (nSPS) is 18.6. The summed E-state index contributed by atoms with van der Waals surface area (Å²) in [6.45, 7) is 1.25. The van der Waals surface area contributed by atoms with Crippen LogP contribution in [0.15, 0.2) is 63.2 Å². The van der Waals surface area contributed by atoms with Gasteiger partial charge in [0.2, 0.25) is 5.91 Å². The number of carbonyl (C=O) groups excluding carboxylic acids is 1. The van der Waals surface area contributed by atoms with Gasteiger partial charge in [-0.3, -0.25) is 10.0 Å². The molecule has 32 heavy (non-hydrogen) atoms. The summed E-state index contributed by atoms with van der Waals surface area (Å²) in [7, 11) is -3.81. The van der Waals surface area contributed by atoms with Crippen LogP contribution in [-0.4, -0.2) is 48.3 Å². The lowest BCUT2D eigenvalue weighted by atomic mass is 9.92. The highest BCUT2D eigenvalue weighted by molar-refractivity contribution is 7.99. The van der Waals surface area contributed by atoms with Crippen molar-refractivity contribution in [1.82, 2.24) is 10.4 Å². The predicted molar refractivity (Wildman–Crippen MR) is 123 cm³/mol. The van der Waals surface area contributed by atoms with Gasteiger partial charge in [0.05, 0.1) is 9.64 Å². The zero-order chi connectivity index (χ0) is 22.1. The van der Waals surface area contributed by atoms with Crippen LogP contribution in [0.1, 0.15) is 32.1 Å². The van der Waals surface area contributed by atoms with E-state index in [0.29, 0.717) is 32.0 Å². The molecule has 1 heterocycles. The van der Waals surface area contributed by atoms with E-state index in [0.717, 1.165) is 22.6 Å². The van der Waals surface area contributed by atoms with E-state index in [2.05, 4.69) is 4.90 Å². The van der Waals surface area contributed by atoms with Gasteiger partial charge in [0.1, 0.15) is 5.82 Å². The molecule has 2 aromatic carbocycles. The number of sulfone groups is 1. The quantitative estimate of drug-likeness (QED) is 0.440. The Morgan fingerprint density at radius 2 is 1.59 bits per heavy atom. The lowest BCUT2D eigenvalue weighted by Gasteiger charge is -2.41. The molecular formula is C22H26ClFN2O4S2. The summed E-state index contributed by atoms with van der Waals surface area (Å²) in [5, 5.41) is 9.03. The van der Waals surface area contributed by atoms with Crippen LogP contribution < -0.4 is 5.48 Å². The Labute approximate surface area is 197 Å². The van der Waals surface area contributed by atoms with Crippen LogP contribution >= 0.6 is 24.2 Å². The van der Waals surface area contributed by atoms with Gasteiger partial charge < -0.3 is 4.90 Å². The van der Waals surface area contributed by atoms with E-state index in [-0.39, 0.29) is 29.5 Å². The van der Waals surface area contributed by atoms with Gasteiger partial charge in [0.25, 0.3) is 0 Å². The molecule has 2 aromatic rings. The highest BCUT2D eigenvalue weighted by Gasteiger charge is 2.49. The maximum Gasteiger partial charge on any atom is 0.244 e. The molecule has 0 atom stereocenters. The van der Waals surface area contributed by atoms with Crippen molar-refractivity contribution in [1.29, 1.82) is 0 Å². The number of hydrogen-bond acceptors (Lipinski definition) is 6. The summed E-state index contributed by atoms with van der Waals surface area (Å²) in [5.41, 5.74) is 1.60. The lowest BCUT2D eigenvalue weighted by Crippen LogP contribution is -2.51. The Hall–Kier alpha value is -1.65. The molecule has 0 spiro atoms. The number of likely N-dealkylation sites (tertiary alicyclic amines) is 1. The maximum atomic E-state index is 13.6. The first-order chi connectivity index (χ1) is 14.8. The molecule has 2 aliphatic rings. The van der Waals surface area contributed by atoms with Crippen LogP contribution in [-0.2, 0) is 14.6 Å². The molecule has 1 saturated heterocycles. The van der Waals surface area contributed by atoms with Crippen molar-refractivity contribution < 1.29 is 22.8 Å². The second-order valence-electron chi connectivity index (χ2n) is 8.19. The van der Waals surface area contributed by atoms with Crippen LogP contribution in [0.25, 0.3) is 0 Å². The smallest absolute Gasteiger partial charge is 0.244 e.